The molecule has 1 aromatic carbocycles. The van der Waals surface area contributed by atoms with Gasteiger partial charge in [-0.25, -0.2) is 0 Å². The Morgan fingerprint density at radius 1 is 1.25 bits per heavy atom. The van der Waals surface area contributed by atoms with Crippen molar-refractivity contribution < 1.29 is 9.84 Å². The Hall–Kier alpha value is -0.720. The van der Waals surface area contributed by atoms with Gasteiger partial charge < -0.3 is 9.84 Å². The summed E-state index contributed by atoms with van der Waals surface area (Å²) in [5.74, 6) is -1.18. The van der Waals surface area contributed by atoms with Crippen LogP contribution in [0.5, 0.6) is 0 Å². The minimum atomic E-state index is -1.18. The summed E-state index contributed by atoms with van der Waals surface area (Å²) in [4.78, 5) is 3.32. The number of aliphatic hydroxyl groups is 1. The number of β-amino-alcohol motifs (C(OH)–C–C–N with tert-alkyl or cyclic N) is 1. The first-order chi connectivity index (χ1) is 9.17. The molecule has 1 N–H and O–H groups in total. The minimum absolute atomic E-state index is 0. The van der Waals surface area contributed by atoms with Crippen LogP contribution in [0, 0.1) is 0 Å². The summed E-state index contributed by atoms with van der Waals surface area (Å²) in [6.45, 7) is 1.92. The average Bonchev–Trinajstić information content (AvgIpc) is 2.92. The molecular weight excluding hydrogens is 338 g/mol. The van der Waals surface area contributed by atoms with Gasteiger partial charge in [0, 0.05) is 17.0 Å². The molecule has 1 unspecified atom stereocenters. The highest BCUT2D eigenvalue weighted by Gasteiger charge is 2.34. The quantitative estimate of drug-likeness (QED) is 0.898. The van der Waals surface area contributed by atoms with E-state index in [1.165, 1.54) is 10.4 Å². The number of hydrogen-bond donors (Lipinski definition) is 1. The van der Waals surface area contributed by atoms with Crippen molar-refractivity contribution >= 4 is 28.3 Å². The lowest BCUT2D eigenvalue weighted by Crippen LogP contribution is -2.48. The van der Waals surface area contributed by atoms with Crippen LogP contribution in [0.15, 0.2) is 41.8 Å². The van der Waals surface area contributed by atoms with E-state index in [0.29, 0.717) is 13.2 Å². The lowest BCUT2D eigenvalue weighted by Gasteiger charge is -2.37. The van der Waals surface area contributed by atoms with Gasteiger partial charge in [0.1, 0.15) is 0 Å². The lowest BCUT2D eigenvalue weighted by molar-refractivity contribution is -0.245. The van der Waals surface area contributed by atoms with Crippen LogP contribution >= 0.6 is 28.3 Å². The molecule has 0 bridgehead atoms. The molecule has 0 spiro atoms. The summed E-state index contributed by atoms with van der Waals surface area (Å²) < 4.78 is 5.57. The van der Waals surface area contributed by atoms with Crippen LogP contribution in [0.3, 0.4) is 0 Å². The molecular formula is C15H18BrNO2S. The summed E-state index contributed by atoms with van der Waals surface area (Å²) in [5, 5.41) is 12.6. The predicted molar refractivity (Wildman–Crippen MR) is 87.4 cm³/mol. The van der Waals surface area contributed by atoms with Crippen molar-refractivity contribution in [3.05, 3.63) is 47.3 Å². The van der Waals surface area contributed by atoms with Crippen molar-refractivity contribution in [3.63, 3.8) is 0 Å². The minimum Gasteiger partial charge on any atom is -0.361 e. The van der Waals surface area contributed by atoms with E-state index in [2.05, 4.69) is 16.3 Å². The van der Waals surface area contributed by atoms with Crippen LogP contribution in [0.2, 0.25) is 0 Å². The molecule has 2 aromatic rings. The van der Waals surface area contributed by atoms with E-state index in [-0.39, 0.29) is 17.0 Å². The van der Waals surface area contributed by atoms with Crippen LogP contribution in [-0.2, 0) is 10.5 Å². The first kappa shape index (κ1) is 15.7. The van der Waals surface area contributed by atoms with Crippen molar-refractivity contribution in [2.24, 2.45) is 0 Å². The van der Waals surface area contributed by atoms with E-state index in [4.69, 9.17) is 4.74 Å². The Morgan fingerprint density at radius 2 is 2.00 bits per heavy atom. The van der Waals surface area contributed by atoms with E-state index in [1.807, 2.05) is 37.4 Å². The molecule has 1 aliphatic heterocycles. The number of halogens is 1. The van der Waals surface area contributed by atoms with E-state index in [9.17, 15) is 5.11 Å². The van der Waals surface area contributed by atoms with E-state index in [1.54, 1.807) is 11.3 Å². The highest BCUT2D eigenvalue weighted by molar-refractivity contribution is 8.93. The molecule has 1 saturated heterocycles. The molecule has 1 aromatic heterocycles. The average molecular weight is 356 g/mol. The molecule has 3 rings (SSSR count). The van der Waals surface area contributed by atoms with Gasteiger partial charge >= 0.3 is 0 Å². The van der Waals surface area contributed by atoms with E-state index in [0.717, 1.165) is 12.1 Å². The molecule has 1 aliphatic rings. The van der Waals surface area contributed by atoms with Crippen molar-refractivity contribution in [3.8, 4) is 10.4 Å². The van der Waals surface area contributed by atoms with Gasteiger partial charge in [-0.3, -0.25) is 4.90 Å². The predicted octanol–water partition coefficient (Wildman–Crippen LogP) is 3.10. The van der Waals surface area contributed by atoms with Crippen molar-refractivity contribution in [2.75, 3.05) is 26.7 Å². The van der Waals surface area contributed by atoms with Crippen molar-refractivity contribution in [1.82, 2.24) is 4.90 Å². The first-order valence-electron chi connectivity index (χ1n) is 6.37. The second-order valence-electron chi connectivity index (χ2n) is 4.93. The van der Waals surface area contributed by atoms with Gasteiger partial charge in [-0.2, -0.15) is 0 Å². The third-order valence-corrected chi connectivity index (χ3v) is 4.36. The van der Waals surface area contributed by atoms with Crippen LogP contribution in [0.1, 0.15) is 5.56 Å². The number of nitrogens with zero attached hydrogens (tertiary/aromatic N) is 1. The standard InChI is InChI=1S/C15H17NO2S.BrH/c1-16-8-9-18-15(17,11-16)13-6-4-12(5-7-13)14-3-2-10-19-14;/h2-7,10,17H,8-9,11H2,1H3;1H. The molecule has 5 heteroatoms. The summed E-state index contributed by atoms with van der Waals surface area (Å²) in [5.41, 5.74) is 1.99. The molecule has 2 heterocycles. The third kappa shape index (κ3) is 3.13. The monoisotopic (exact) mass is 355 g/mol. The van der Waals surface area contributed by atoms with Gasteiger partial charge in [-0.05, 0) is 24.1 Å². The smallest absolute Gasteiger partial charge is 0.205 e. The normalized spacial score (nSPS) is 23.3. The fourth-order valence-electron chi connectivity index (χ4n) is 2.37. The first-order valence-corrected chi connectivity index (χ1v) is 7.25. The van der Waals surface area contributed by atoms with Crippen LogP contribution < -0.4 is 0 Å². The highest BCUT2D eigenvalue weighted by atomic mass is 79.9. The summed E-state index contributed by atoms with van der Waals surface area (Å²) in [7, 11) is 1.99. The molecule has 0 radical (unpaired) electrons. The molecule has 1 fully saturated rings. The summed E-state index contributed by atoms with van der Waals surface area (Å²) in [6, 6.07) is 12.1. The molecule has 1 atom stereocenters. The second kappa shape index (κ2) is 6.37. The number of morpholine rings is 1. The second-order valence-corrected chi connectivity index (χ2v) is 5.87. The van der Waals surface area contributed by atoms with Gasteiger partial charge in [0.2, 0.25) is 5.79 Å². The van der Waals surface area contributed by atoms with Gasteiger partial charge in [-0.1, -0.05) is 30.3 Å². The maximum absolute atomic E-state index is 10.6. The molecule has 20 heavy (non-hydrogen) atoms. The highest BCUT2D eigenvalue weighted by Crippen LogP contribution is 2.30. The number of likely N-dealkylation sites (N-methyl/N-ethyl adjacent to an activating group) is 1. The van der Waals surface area contributed by atoms with Crippen molar-refractivity contribution in [1.29, 1.82) is 0 Å². The molecule has 3 nitrogen and oxygen atoms in total. The van der Waals surface area contributed by atoms with Gasteiger partial charge in [-0.15, -0.1) is 28.3 Å². The Kier molecular flexibility index (Phi) is 4.99. The Balaban J connectivity index is 0.00000147. The molecule has 0 saturated carbocycles. The topological polar surface area (TPSA) is 32.7 Å². The van der Waals surface area contributed by atoms with Crippen LogP contribution in [0.25, 0.3) is 10.4 Å². The SMILES string of the molecule is Br.CN1CCOC(O)(c2ccc(-c3cccs3)cc2)C1. The fraction of sp³-hybridized carbons (Fsp3) is 0.333. The van der Waals surface area contributed by atoms with Crippen molar-refractivity contribution in [2.45, 2.75) is 5.79 Å². The van der Waals surface area contributed by atoms with Gasteiger partial charge in [0.25, 0.3) is 0 Å². The van der Waals surface area contributed by atoms with E-state index < -0.39 is 5.79 Å². The van der Waals surface area contributed by atoms with Gasteiger partial charge in [0.05, 0.1) is 13.2 Å². The van der Waals surface area contributed by atoms with E-state index >= 15 is 0 Å². The summed E-state index contributed by atoms with van der Waals surface area (Å²) in [6.07, 6.45) is 0. The maximum Gasteiger partial charge on any atom is 0.205 e. The third-order valence-electron chi connectivity index (χ3n) is 3.44. The van der Waals surface area contributed by atoms with Crippen LogP contribution in [0.4, 0.5) is 0 Å². The Labute approximate surface area is 133 Å². The number of thiophene rings is 1. The Bertz CT molecular complexity index is 544. The number of hydrogen-bond acceptors (Lipinski definition) is 4. The lowest BCUT2D eigenvalue weighted by atomic mass is 10.0. The summed E-state index contributed by atoms with van der Waals surface area (Å²) >= 11 is 1.71. The zero-order valence-corrected chi connectivity index (χ0v) is 13.8. The number of ether oxygens (including phenoxy) is 1. The van der Waals surface area contributed by atoms with Crippen LogP contribution in [-0.4, -0.2) is 36.8 Å². The molecule has 0 aliphatic carbocycles. The Morgan fingerprint density at radius 3 is 2.60 bits per heavy atom. The fourth-order valence-corrected chi connectivity index (χ4v) is 3.11. The number of benzene rings is 1. The largest absolute Gasteiger partial charge is 0.361 e. The number of rotatable bonds is 2. The molecule has 0 amide bonds. The maximum atomic E-state index is 10.6. The zero-order valence-electron chi connectivity index (χ0n) is 11.3. The zero-order chi connectivity index (χ0) is 13.3. The molecule has 108 valence electrons. The van der Waals surface area contributed by atoms with Gasteiger partial charge in [0.15, 0.2) is 0 Å².